The van der Waals surface area contributed by atoms with E-state index in [1.165, 1.54) is 0 Å². The summed E-state index contributed by atoms with van der Waals surface area (Å²) in [6.45, 7) is 0. The van der Waals surface area contributed by atoms with Crippen molar-refractivity contribution in [3.05, 3.63) is 72.1 Å². The van der Waals surface area contributed by atoms with Gasteiger partial charge in [-0.1, -0.05) is 36.4 Å². The predicted octanol–water partition coefficient (Wildman–Crippen LogP) is 4.24. The fourth-order valence-electron chi connectivity index (χ4n) is 2.49. The smallest absolute Gasteiger partial charge is 0.0456 e. The predicted molar refractivity (Wildman–Crippen MR) is 79.4 cm³/mol. The highest BCUT2D eigenvalue weighted by Gasteiger charge is 2.07. The van der Waals surface area contributed by atoms with E-state index in [0.717, 1.165) is 21.8 Å². The van der Waals surface area contributed by atoms with E-state index in [1.807, 2.05) is 48.5 Å². The number of aromatic nitrogens is 2. The molecule has 0 saturated carbocycles. The number of rotatable bonds is 2. The van der Waals surface area contributed by atoms with Gasteiger partial charge in [-0.25, -0.2) is 0 Å². The fraction of sp³-hybridized carbons (Fsp3) is 0.0588. The van der Waals surface area contributed by atoms with Crippen molar-refractivity contribution in [3.63, 3.8) is 0 Å². The Morgan fingerprint density at radius 2 is 1.21 bits per heavy atom. The molecule has 2 aromatic heterocycles. The zero-order valence-electron chi connectivity index (χ0n) is 12.3. The van der Waals surface area contributed by atoms with Crippen LogP contribution in [0.4, 0.5) is 0 Å². The summed E-state index contributed by atoms with van der Waals surface area (Å²) >= 11 is 0. The maximum Gasteiger partial charge on any atom is 0.0456 e. The van der Waals surface area contributed by atoms with Gasteiger partial charge in [0.05, 0.1) is 0 Å². The third-order valence-electron chi connectivity index (χ3n) is 3.45. The summed E-state index contributed by atoms with van der Waals surface area (Å²) in [5.41, 5.74) is 3.25. The molecule has 0 saturated heterocycles. The summed E-state index contributed by atoms with van der Waals surface area (Å²) in [5, 5.41) is 1.85. The molecule has 0 aliphatic rings. The van der Waals surface area contributed by atoms with Crippen molar-refractivity contribution in [1.29, 1.82) is 0 Å². The average molecular weight is 248 g/mol. The third kappa shape index (κ3) is 1.65. The molecule has 2 N–H and O–H groups in total. The molecule has 4 rings (SSSR count). The van der Waals surface area contributed by atoms with Crippen LogP contribution in [0.2, 0.25) is 0 Å². The first-order valence-electron chi connectivity index (χ1n) is 7.31. The molecule has 4 aromatic rings. The second-order valence-corrected chi connectivity index (χ2v) is 4.62. The van der Waals surface area contributed by atoms with Crippen LogP contribution in [0.1, 0.15) is 13.9 Å². The first-order valence-corrected chi connectivity index (χ1v) is 6.31. The Hall–Kier alpha value is -2.48. The molecule has 0 spiro atoms. The van der Waals surface area contributed by atoms with Gasteiger partial charge in [-0.05, 0) is 23.3 Å². The summed E-state index contributed by atoms with van der Waals surface area (Å²) in [7, 11) is 0. The lowest BCUT2D eigenvalue weighted by Gasteiger charge is -1.98. The van der Waals surface area contributed by atoms with Crippen LogP contribution >= 0.6 is 0 Å². The second kappa shape index (κ2) is 4.02. The Morgan fingerprint density at radius 3 is 1.74 bits per heavy atom. The van der Waals surface area contributed by atoms with Gasteiger partial charge in [-0.15, -0.1) is 0 Å². The molecule has 0 atom stereocenters. The van der Waals surface area contributed by atoms with Crippen LogP contribution in [0, 0.1) is 0 Å². The van der Waals surface area contributed by atoms with Gasteiger partial charge in [-0.3, -0.25) is 0 Å². The monoisotopic (exact) mass is 248 g/mol. The van der Waals surface area contributed by atoms with E-state index in [2.05, 4.69) is 9.97 Å². The molecule has 0 aliphatic carbocycles. The van der Waals surface area contributed by atoms with Gasteiger partial charge in [-0.2, -0.15) is 0 Å². The van der Waals surface area contributed by atoms with Crippen LogP contribution in [-0.4, -0.2) is 9.97 Å². The summed E-state index contributed by atoms with van der Waals surface area (Å²) in [6.07, 6.45) is 1.98. The Kier molecular flexibility index (Phi) is 1.82. The number of fused-ring (bicyclic) bond motifs is 2. The van der Waals surface area contributed by atoms with Gasteiger partial charge in [0.15, 0.2) is 0 Å². The zero-order chi connectivity index (χ0) is 14.4. The van der Waals surface area contributed by atoms with Crippen LogP contribution in [-0.2, 0) is 6.37 Å². The molecule has 2 nitrogen and oxygen atoms in total. The Bertz CT molecular complexity index is 858. The van der Waals surface area contributed by atoms with Gasteiger partial charge in [0.1, 0.15) is 0 Å². The summed E-state index contributed by atoms with van der Waals surface area (Å²) in [5.74, 6) is 0. The van der Waals surface area contributed by atoms with Gasteiger partial charge >= 0.3 is 0 Å². The zero-order valence-corrected chi connectivity index (χ0v) is 10.3. The second-order valence-electron chi connectivity index (χ2n) is 4.62. The van der Waals surface area contributed by atoms with E-state index in [-0.39, 0.29) is 0 Å². The van der Waals surface area contributed by atoms with Crippen molar-refractivity contribution in [2.45, 2.75) is 6.37 Å². The Balaban J connectivity index is 1.97. The van der Waals surface area contributed by atoms with Crippen molar-refractivity contribution in [3.8, 4) is 0 Å². The quantitative estimate of drug-likeness (QED) is 0.532. The molecule has 92 valence electrons. The minimum Gasteiger partial charge on any atom is -0.361 e. The van der Waals surface area contributed by atoms with E-state index >= 15 is 0 Å². The number of hydrogen-bond acceptors (Lipinski definition) is 0. The highest BCUT2D eigenvalue weighted by atomic mass is 14.7. The summed E-state index contributed by atoms with van der Waals surface area (Å²) in [6, 6.07) is 15.6. The molecule has 0 bridgehead atoms. The van der Waals surface area contributed by atoms with E-state index < -0.39 is 6.37 Å². The van der Waals surface area contributed by atoms with E-state index in [4.69, 9.17) is 2.74 Å². The normalized spacial score (nSPS) is 13.7. The largest absolute Gasteiger partial charge is 0.361 e. The maximum atomic E-state index is 8.63. The van der Waals surface area contributed by atoms with Crippen molar-refractivity contribution in [1.82, 2.24) is 9.97 Å². The van der Waals surface area contributed by atoms with Crippen LogP contribution in [0.3, 0.4) is 0 Å². The number of nitrogens with one attached hydrogen (secondary N) is 2. The highest BCUT2D eigenvalue weighted by Crippen LogP contribution is 2.24. The molecule has 0 radical (unpaired) electrons. The van der Waals surface area contributed by atoms with Gasteiger partial charge in [0.25, 0.3) is 0 Å². The van der Waals surface area contributed by atoms with Gasteiger partial charge in [0, 0.05) is 43.3 Å². The van der Waals surface area contributed by atoms with Gasteiger partial charge in [0.2, 0.25) is 0 Å². The molecule has 0 aliphatic heterocycles. The van der Waals surface area contributed by atoms with Crippen LogP contribution < -0.4 is 0 Å². The molecule has 0 fully saturated rings. The molecule has 2 aromatic carbocycles. The maximum absolute atomic E-state index is 8.63. The number of aromatic amines is 2. The molecular weight excluding hydrogens is 232 g/mol. The molecular formula is C17H14N2. The van der Waals surface area contributed by atoms with Gasteiger partial charge < -0.3 is 9.97 Å². The number of H-pyrrole nitrogens is 2. The lowest BCUT2D eigenvalue weighted by Crippen LogP contribution is -1.84. The lowest BCUT2D eigenvalue weighted by atomic mass is 10.0. The van der Waals surface area contributed by atoms with Crippen molar-refractivity contribution in [2.24, 2.45) is 0 Å². The average Bonchev–Trinajstić information content (AvgIpc) is 3.12. The van der Waals surface area contributed by atoms with Crippen LogP contribution in [0.5, 0.6) is 0 Å². The van der Waals surface area contributed by atoms with E-state index in [9.17, 15) is 0 Å². The number of para-hydroxylation sites is 2. The SMILES string of the molecule is [2H]C([2H])(c1c[nH]c2ccccc12)c1c[nH]c2ccccc12. The highest BCUT2D eigenvalue weighted by molar-refractivity contribution is 5.86. The Labute approximate surface area is 113 Å². The molecule has 2 heterocycles. The fourth-order valence-corrected chi connectivity index (χ4v) is 2.49. The first-order chi connectivity index (χ1) is 10.2. The third-order valence-corrected chi connectivity index (χ3v) is 3.45. The van der Waals surface area contributed by atoms with Crippen molar-refractivity contribution >= 4 is 21.8 Å². The van der Waals surface area contributed by atoms with E-state index in [0.29, 0.717) is 11.1 Å². The standard InChI is InChI=1S/C17H14N2/c1-3-7-16-14(5-1)12(10-18-16)9-13-11-19-17-8-4-2-6-15(13)17/h1-8,10-11,18-19H,9H2/i9D2. The Morgan fingerprint density at radius 1 is 0.737 bits per heavy atom. The van der Waals surface area contributed by atoms with Crippen molar-refractivity contribution in [2.75, 3.05) is 0 Å². The number of benzene rings is 2. The molecule has 0 amide bonds. The minimum atomic E-state index is -1.56. The van der Waals surface area contributed by atoms with Crippen molar-refractivity contribution < 1.29 is 2.74 Å². The lowest BCUT2D eigenvalue weighted by molar-refractivity contribution is 1.22. The topological polar surface area (TPSA) is 31.6 Å². The first kappa shape index (κ1) is 8.59. The van der Waals surface area contributed by atoms with E-state index in [1.54, 1.807) is 12.4 Å². The minimum absolute atomic E-state index is 0.669. The van der Waals surface area contributed by atoms with Crippen LogP contribution in [0.25, 0.3) is 21.8 Å². The summed E-state index contributed by atoms with van der Waals surface area (Å²) < 4.78 is 17.3. The molecule has 19 heavy (non-hydrogen) atoms. The van der Waals surface area contributed by atoms with Crippen LogP contribution in [0.15, 0.2) is 60.9 Å². The molecule has 2 heteroatoms. The molecule has 0 unspecified atom stereocenters. The number of hydrogen-bond donors (Lipinski definition) is 2. The summed E-state index contributed by atoms with van der Waals surface area (Å²) in [4.78, 5) is 6.31.